The van der Waals surface area contributed by atoms with Gasteiger partial charge in [-0.25, -0.2) is 0 Å². The van der Waals surface area contributed by atoms with Crippen molar-refractivity contribution < 1.29 is 0 Å². The summed E-state index contributed by atoms with van der Waals surface area (Å²) in [6.45, 7) is 5.81. The van der Waals surface area contributed by atoms with E-state index in [1.165, 1.54) is 5.56 Å². The molecule has 6 nitrogen and oxygen atoms in total. The number of likely N-dealkylation sites (N-methyl/N-ethyl adjacent to an activating group) is 1. The summed E-state index contributed by atoms with van der Waals surface area (Å²) < 4.78 is 0. The lowest BCUT2D eigenvalue weighted by atomic mass is 10.1. The minimum absolute atomic E-state index is 0.399. The molecule has 0 bridgehead atoms. The van der Waals surface area contributed by atoms with E-state index in [9.17, 15) is 5.26 Å². The van der Waals surface area contributed by atoms with Crippen LogP contribution in [0.3, 0.4) is 0 Å². The van der Waals surface area contributed by atoms with Gasteiger partial charge >= 0.3 is 0 Å². The lowest BCUT2D eigenvalue weighted by Gasteiger charge is -2.32. The van der Waals surface area contributed by atoms with Crippen LogP contribution >= 0.6 is 0 Å². The van der Waals surface area contributed by atoms with Crippen LogP contribution in [0.15, 0.2) is 24.3 Å². The predicted molar refractivity (Wildman–Crippen MR) is 85.2 cm³/mol. The van der Waals surface area contributed by atoms with E-state index in [0.29, 0.717) is 11.5 Å². The fourth-order valence-corrected chi connectivity index (χ4v) is 2.72. The number of para-hydroxylation sites is 1. The number of hydrogen-bond donors (Lipinski definition) is 0. The number of nitriles is 1. The van der Waals surface area contributed by atoms with Gasteiger partial charge in [-0.05, 0) is 25.1 Å². The van der Waals surface area contributed by atoms with Crippen LogP contribution in [0.25, 0.3) is 5.69 Å². The molecule has 114 valence electrons. The average Bonchev–Trinajstić information content (AvgIpc) is 2.99. The molecule has 0 amide bonds. The second-order valence-electron chi connectivity index (χ2n) is 5.55. The Hall–Kier alpha value is -2.39. The number of aromatic nitrogens is 3. The number of aryl methyl sites for hydroxylation is 1. The van der Waals surface area contributed by atoms with Gasteiger partial charge < -0.3 is 9.80 Å². The normalized spacial score (nSPS) is 15.8. The van der Waals surface area contributed by atoms with Crippen molar-refractivity contribution in [1.29, 1.82) is 5.26 Å². The summed E-state index contributed by atoms with van der Waals surface area (Å²) in [4.78, 5) is 6.03. The molecule has 6 heteroatoms. The molecule has 0 saturated carbocycles. The Kier molecular flexibility index (Phi) is 4.07. The third-order valence-corrected chi connectivity index (χ3v) is 4.09. The highest BCUT2D eigenvalue weighted by atomic mass is 15.5. The molecule has 1 aliphatic heterocycles. The van der Waals surface area contributed by atoms with Crippen molar-refractivity contribution in [2.45, 2.75) is 13.3 Å². The Morgan fingerprint density at radius 3 is 2.55 bits per heavy atom. The number of piperazine rings is 1. The van der Waals surface area contributed by atoms with Crippen LogP contribution in [0, 0.1) is 11.3 Å². The fraction of sp³-hybridized carbons (Fsp3) is 0.438. The molecule has 0 atom stereocenters. The van der Waals surface area contributed by atoms with Crippen LogP contribution < -0.4 is 4.90 Å². The molecule has 0 aliphatic carbocycles. The van der Waals surface area contributed by atoms with Gasteiger partial charge in [-0.3, -0.25) is 0 Å². The molecule has 1 fully saturated rings. The van der Waals surface area contributed by atoms with Crippen LogP contribution in [-0.2, 0) is 6.42 Å². The minimum atomic E-state index is 0.399. The molecule has 0 radical (unpaired) electrons. The highest BCUT2D eigenvalue weighted by Gasteiger charge is 2.22. The van der Waals surface area contributed by atoms with Gasteiger partial charge in [-0.15, -0.1) is 15.0 Å². The van der Waals surface area contributed by atoms with Gasteiger partial charge in [0.1, 0.15) is 6.07 Å². The molecule has 0 unspecified atom stereocenters. The highest BCUT2D eigenvalue weighted by Crippen LogP contribution is 2.20. The van der Waals surface area contributed by atoms with Crippen molar-refractivity contribution in [2.24, 2.45) is 0 Å². The first-order valence-electron chi connectivity index (χ1n) is 7.62. The predicted octanol–water partition coefficient (Wildman–Crippen LogP) is 1.45. The van der Waals surface area contributed by atoms with E-state index in [-0.39, 0.29) is 0 Å². The molecule has 2 heterocycles. The van der Waals surface area contributed by atoms with E-state index in [2.05, 4.69) is 46.1 Å². The largest absolute Gasteiger partial charge is 0.350 e. The first kappa shape index (κ1) is 14.5. The molecular formula is C16H20N6. The van der Waals surface area contributed by atoms with Crippen LogP contribution in [0.1, 0.15) is 18.2 Å². The standard InChI is InChI=1S/C16H20N6/c1-3-13-6-4-5-7-15(13)22-18-14(12-17)16(19-22)21-10-8-20(2)9-11-21/h4-7H,3,8-11H2,1-2H3. The summed E-state index contributed by atoms with van der Waals surface area (Å²) >= 11 is 0. The second-order valence-corrected chi connectivity index (χ2v) is 5.55. The molecule has 1 aromatic heterocycles. The zero-order valence-corrected chi connectivity index (χ0v) is 13.0. The topological polar surface area (TPSA) is 61.0 Å². The van der Waals surface area contributed by atoms with Crippen molar-refractivity contribution >= 4 is 5.82 Å². The summed E-state index contributed by atoms with van der Waals surface area (Å²) in [5.41, 5.74) is 2.52. The molecule has 1 aliphatic rings. The zero-order chi connectivity index (χ0) is 15.5. The Balaban J connectivity index is 1.97. The molecule has 3 rings (SSSR count). The van der Waals surface area contributed by atoms with Crippen molar-refractivity contribution in [2.75, 3.05) is 38.1 Å². The van der Waals surface area contributed by atoms with Crippen LogP contribution in [0.2, 0.25) is 0 Å². The molecule has 1 saturated heterocycles. The number of rotatable bonds is 3. The Labute approximate surface area is 130 Å². The highest BCUT2D eigenvalue weighted by molar-refractivity contribution is 5.51. The second kappa shape index (κ2) is 6.16. The fourth-order valence-electron chi connectivity index (χ4n) is 2.72. The van der Waals surface area contributed by atoms with Crippen LogP contribution in [-0.4, -0.2) is 53.1 Å². The molecule has 1 aromatic carbocycles. The third kappa shape index (κ3) is 2.68. The number of anilines is 1. The third-order valence-electron chi connectivity index (χ3n) is 4.09. The average molecular weight is 296 g/mol. The number of nitrogens with zero attached hydrogens (tertiary/aromatic N) is 6. The first-order chi connectivity index (χ1) is 10.7. The van der Waals surface area contributed by atoms with Crippen LogP contribution in [0.5, 0.6) is 0 Å². The quantitative estimate of drug-likeness (QED) is 0.858. The van der Waals surface area contributed by atoms with E-state index in [4.69, 9.17) is 0 Å². The summed E-state index contributed by atoms with van der Waals surface area (Å²) in [6.07, 6.45) is 0.906. The molecule has 2 aromatic rings. The first-order valence-corrected chi connectivity index (χ1v) is 7.62. The van der Waals surface area contributed by atoms with Crippen molar-refractivity contribution in [3.05, 3.63) is 35.5 Å². The zero-order valence-electron chi connectivity index (χ0n) is 13.0. The van der Waals surface area contributed by atoms with Gasteiger partial charge in [0.25, 0.3) is 0 Å². The SMILES string of the molecule is CCc1ccccc1-n1nc(C#N)c(N2CCN(C)CC2)n1. The Bertz CT molecular complexity index is 691. The Morgan fingerprint density at radius 1 is 1.14 bits per heavy atom. The van der Waals surface area contributed by atoms with Gasteiger partial charge in [0, 0.05) is 26.2 Å². The lowest BCUT2D eigenvalue weighted by Crippen LogP contribution is -2.45. The summed E-state index contributed by atoms with van der Waals surface area (Å²) in [5, 5.41) is 18.4. The summed E-state index contributed by atoms with van der Waals surface area (Å²) in [7, 11) is 2.11. The van der Waals surface area contributed by atoms with E-state index in [1.807, 2.05) is 18.2 Å². The smallest absolute Gasteiger partial charge is 0.207 e. The Morgan fingerprint density at radius 2 is 1.86 bits per heavy atom. The van der Waals surface area contributed by atoms with Crippen LogP contribution in [0.4, 0.5) is 5.82 Å². The lowest BCUT2D eigenvalue weighted by molar-refractivity contribution is 0.312. The van der Waals surface area contributed by atoms with E-state index in [0.717, 1.165) is 38.3 Å². The maximum absolute atomic E-state index is 9.38. The summed E-state index contributed by atoms with van der Waals surface area (Å²) in [6, 6.07) is 10.2. The van der Waals surface area contributed by atoms with Gasteiger partial charge in [-0.1, -0.05) is 25.1 Å². The maximum Gasteiger partial charge on any atom is 0.207 e. The van der Waals surface area contributed by atoms with E-state index < -0.39 is 0 Å². The summed E-state index contributed by atoms with van der Waals surface area (Å²) in [5.74, 6) is 0.696. The molecular weight excluding hydrogens is 276 g/mol. The van der Waals surface area contributed by atoms with Gasteiger partial charge in [0.05, 0.1) is 5.69 Å². The monoisotopic (exact) mass is 296 g/mol. The van der Waals surface area contributed by atoms with Gasteiger partial charge in [0.15, 0.2) is 5.82 Å². The maximum atomic E-state index is 9.38. The van der Waals surface area contributed by atoms with Gasteiger partial charge in [0.2, 0.25) is 5.69 Å². The van der Waals surface area contributed by atoms with Crippen molar-refractivity contribution in [3.8, 4) is 11.8 Å². The minimum Gasteiger partial charge on any atom is -0.350 e. The van der Waals surface area contributed by atoms with Crippen molar-refractivity contribution in [1.82, 2.24) is 19.9 Å². The molecule has 0 N–H and O–H groups in total. The number of hydrogen-bond acceptors (Lipinski definition) is 5. The molecule has 0 spiro atoms. The van der Waals surface area contributed by atoms with E-state index >= 15 is 0 Å². The van der Waals surface area contributed by atoms with Gasteiger partial charge in [-0.2, -0.15) is 5.26 Å². The molecule has 22 heavy (non-hydrogen) atoms. The van der Waals surface area contributed by atoms with Crippen molar-refractivity contribution in [3.63, 3.8) is 0 Å². The van der Waals surface area contributed by atoms with E-state index in [1.54, 1.807) is 4.80 Å². The number of benzene rings is 1.